The van der Waals surface area contributed by atoms with Crippen LogP contribution in [0.5, 0.6) is 0 Å². The van der Waals surface area contributed by atoms with E-state index in [-0.39, 0.29) is 18.0 Å². The Morgan fingerprint density at radius 2 is 2.05 bits per heavy atom. The fourth-order valence-corrected chi connectivity index (χ4v) is 3.13. The highest BCUT2D eigenvalue weighted by atomic mass is 16.2. The van der Waals surface area contributed by atoms with Gasteiger partial charge in [-0.2, -0.15) is 0 Å². The van der Waals surface area contributed by atoms with E-state index in [1.807, 2.05) is 0 Å². The lowest BCUT2D eigenvalue weighted by molar-refractivity contribution is -0.127. The molecule has 0 aromatic heterocycles. The highest BCUT2D eigenvalue weighted by Gasteiger charge is 2.27. The highest BCUT2D eigenvalue weighted by molar-refractivity contribution is 5.81. The lowest BCUT2D eigenvalue weighted by atomic mass is 9.96. The van der Waals surface area contributed by atoms with E-state index in [4.69, 9.17) is 0 Å². The Labute approximate surface area is 131 Å². The lowest BCUT2D eigenvalue weighted by Gasteiger charge is -2.36. The molecule has 0 spiro atoms. The maximum atomic E-state index is 12.3. The number of hydrogen-bond donors (Lipinski definition) is 2. The zero-order valence-electron chi connectivity index (χ0n) is 14.5. The fraction of sp³-hybridized carbons (Fsp3) is 0.941. The van der Waals surface area contributed by atoms with Gasteiger partial charge in [-0.25, -0.2) is 0 Å². The molecule has 124 valence electrons. The molecule has 1 aliphatic rings. The van der Waals surface area contributed by atoms with Crippen LogP contribution in [0.2, 0.25) is 0 Å². The number of nitrogens with one attached hydrogen (secondary N) is 2. The van der Waals surface area contributed by atoms with Gasteiger partial charge in [-0.3, -0.25) is 9.69 Å². The van der Waals surface area contributed by atoms with Crippen molar-refractivity contribution >= 4 is 5.91 Å². The largest absolute Gasteiger partial charge is 0.352 e. The molecule has 0 aliphatic carbocycles. The van der Waals surface area contributed by atoms with Crippen molar-refractivity contribution in [1.82, 2.24) is 15.5 Å². The van der Waals surface area contributed by atoms with Gasteiger partial charge in [0.15, 0.2) is 0 Å². The number of nitrogens with zero attached hydrogens (tertiary/aromatic N) is 1. The first kappa shape index (κ1) is 18.4. The normalized spacial score (nSPS) is 22.8. The molecule has 1 aliphatic heterocycles. The Hall–Kier alpha value is -0.610. The lowest BCUT2D eigenvalue weighted by Crippen LogP contribution is -2.51. The standard InChI is InChI=1S/C17H35N3O/c1-5-8-14(3)19-17(21)15(4)20-11-7-9-16(13-20)12-18-10-6-2/h14-16,18H,5-13H2,1-4H3,(H,19,21). The van der Waals surface area contributed by atoms with Crippen LogP contribution < -0.4 is 10.6 Å². The summed E-state index contributed by atoms with van der Waals surface area (Å²) < 4.78 is 0. The van der Waals surface area contributed by atoms with E-state index in [9.17, 15) is 4.79 Å². The van der Waals surface area contributed by atoms with E-state index < -0.39 is 0 Å². The first-order valence-corrected chi connectivity index (χ1v) is 8.83. The minimum absolute atomic E-state index is 0.00159. The zero-order chi connectivity index (χ0) is 15.7. The number of hydrogen-bond acceptors (Lipinski definition) is 3. The van der Waals surface area contributed by atoms with Gasteiger partial charge in [-0.15, -0.1) is 0 Å². The Bertz CT molecular complexity index is 296. The van der Waals surface area contributed by atoms with Crippen LogP contribution in [-0.2, 0) is 4.79 Å². The van der Waals surface area contributed by atoms with Crippen LogP contribution in [0.1, 0.15) is 59.8 Å². The third kappa shape index (κ3) is 6.79. The molecule has 0 saturated carbocycles. The van der Waals surface area contributed by atoms with Crippen LogP contribution >= 0.6 is 0 Å². The second kappa shape index (κ2) is 10.2. The molecule has 1 rings (SSSR count). The summed E-state index contributed by atoms with van der Waals surface area (Å²) in [5.41, 5.74) is 0. The SMILES string of the molecule is CCCNCC1CCCN(C(C)C(=O)NC(C)CCC)C1. The molecule has 21 heavy (non-hydrogen) atoms. The summed E-state index contributed by atoms with van der Waals surface area (Å²) in [5.74, 6) is 0.881. The Balaban J connectivity index is 2.38. The molecule has 3 unspecified atom stereocenters. The van der Waals surface area contributed by atoms with E-state index >= 15 is 0 Å². The number of amides is 1. The molecule has 0 aromatic carbocycles. The predicted molar refractivity (Wildman–Crippen MR) is 89.4 cm³/mol. The second-order valence-electron chi connectivity index (χ2n) is 6.58. The minimum Gasteiger partial charge on any atom is -0.352 e. The number of likely N-dealkylation sites (tertiary alicyclic amines) is 1. The average molecular weight is 297 g/mol. The Morgan fingerprint density at radius 1 is 1.29 bits per heavy atom. The maximum Gasteiger partial charge on any atom is 0.237 e. The monoisotopic (exact) mass is 297 g/mol. The van der Waals surface area contributed by atoms with Crippen LogP contribution in [0.4, 0.5) is 0 Å². The summed E-state index contributed by atoms with van der Waals surface area (Å²) in [4.78, 5) is 14.7. The first-order valence-electron chi connectivity index (χ1n) is 8.83. The second-order valence-corrected chi connectivity index (χ2v) is 6.58. The predicted octanol–water partition coefficient (Wildman–Crippen LogP) is 2.39. The summed E-state index contributed by atoms with van der Waals surface area (Å²) in [6.45, 7) is 12.8. The molecule has 4 nitrogen and oxygen atoms in total. The zero-order valence-corrected chi connectivity index (χ0v) is 14.5. The Kier molecular flexibility index (Phi) is 8.93. The summed E-state index contributed by atoms with van der Waals surface area (Å²) in [5, 5.41) is 6.66. The van der Waals surface area contributed by atoms with Gasteiger partial charge in [0.1, 0.15) is 0 Å². The van der Waals surface area contributed by atoms with E-state index in [1.54, 1.807) is 0 Å². The molecule has 3 atom stereocenters. The van der Waals surface area contributed by atoms with Crippen molar-refractivity contribution in [3.05, 3.63) is 0 Å². The van der Waals surface area contributed by atoms with Crippen molar-refractivity contribution in [3.8, 4) is 0 Å². The molecule has 2 N–H and O–H groups in total. The molecule has 4 heteroatoms. The quantitative estimate of drug-likeness (QED) is 0.642. The third-order valence-electron chi connectivity index (χ3n) is 4.45. The van der Waals surface area contributed by atoms with E-state index in [0.29, 0.717) is 5.92 Å². The van der Waals surface area contributed by atoms with Crippen molar-refractivity contribution in [3.63, 3.8) is 0 Å². The minimum atomic E-state index is -0.00159. The fourth-order valence-electron chi connectivity index (χ4n) is 3.13. The summed E-state index contributed by atoms with van der Waals surface area (Å²) in [6.07, 6.45) is 5.85. The van der Waals surface area contributed by atoms with Crippen LogP contribution in [-0.4, -0.2) is 49.1 Å². The molecular formula is C17H35N3O. The van der Waals surface area contributed by atoms with Gasteiger partial charge >= 0.3 is 0 Å². The maximum absolute atomic E-state index is 12.3. The van der Waals surface area contributed by atoms with Crippen LogP contribution in [0, 0.1) is 5.92 Å². The first-order chi connectivity index (χ1) is 10.1. The molecule has 0 aromatic rings. The summed E-state index contributed by atoms with van der Waals surface area (Å²) in [6, 6.07) is 0.287. The van der Waals surface area contributed by atoms with E-state index in [0.717, 1.165) is 39.0 Å². The van der Waals surface area contributed by atoms with Crippen molar-refractivity contribution in [2.45, 2.75) is 71.9 Å². The van der Waals surface area contributed by atoms with E-state index in [2.05, 4.69) is 43.2 Å². The topological polar surface area (TPSA) is 44.4 Å². The number of carbonyl (C=O) groups excluding carboxylic acids is 1. The molecule has 1 saturated heterocycles. The van der Waals surface area contributed by atoms with Gasteiger partial charge in [-0.05, 0) is 65.1 Å². The summed E-state index contributed by atoms with van der Waals surface area (Å²) in [7, 11) is 0. The van der Waals surface area contributed by atoms with Crippen molar-refractivity contribution in [2.24, 2.45) is 5.92 Å². The molecular weight excluding hydrogens is 262 g/mol. The highest BCUT2D eigenvalue weighted by Crippen LogP contribution is 2.18. The Morgan fingerprint density at radius 3 is 2.71 bits per heavy atom. The molecule has 0 radical (unpaired) electrons. The van der Waals surface area contributed by atoms with Crippen molar-refractivity contribution in [1.29, 1.82) is 0 Å². The molecule has 1 fully saturated rings. The van der Waals surface area contributed by atoms with Crippen LogP contribution in [0.25, 0.3) is 0 Å². The number of piperidine rings is 1. The van der Waals surface area contributed by atoms with Gasteiger partial charge in [-0.1, -0.05) is 20.3 Å². The van der Waals surface area contributed by atoms with Gasteiger partial charge in [0.05, 0.1) is 6.04 Å². The van der Waals surface area contributed by atoms with E-state index in [1.165, 1.54) is 19.3 Å². The smallest absolute Gasteiger partial charge is 0.237 e. The summed E-state index contributed by atoms with van der Waals surface area (Å²) >= 11 is 0. The number of carbonyl (C=O) groups is 1. The van der Waals surface area contributed by atoms with Crippen molar-refractivity contribution in [2.75, 3.05) is 26.2 Å². The van der Waals surface area contributed by atoms with Gasteiger partial charge < -0.3 is 10.6 Å². The van der Waals surface area contributed by atoms with Crippen molar-refractivity contribution < 1.29 is 4.79 Å². The van der Waals surface area contributed by atoms with Gasteiger partial charge in [0, 0.05) is 12.6 Å². The van der Waals surface area contributed by atoms with Gasteiger partial charge in [0.2, 0.25) is 5.91 Å². The molecule has 1 heterocycles. The molecule has 1 amide bonds. The van der Waals surface area contributed by atoms with Gasteiger partial charge in [0.25, 0.3) is 0 Å². The van der Waals surface area contributed by atoms with Crippen LogP contribution in [0.15, 0.2) is 0 Å². The average Bonchev–Trinajstić information content (AvgIpc) is 2.47. The molecule has 0 bridgehead atoms. The van der Waals surface area contributed by atoms with Crippen LogP contribution in [0.3, 0.4) is 0 Å². The number of rotatable bonds is 9. The third-order valence-corrected chi connectivity index (χ3v) is 4.45.